The normalized spacial score (nSPS) is 23.0. The van der Waals surface area contributed by atoms with Gasteiger partial charge < -0.3 is 19.5 Å². The summed E-state index contributed by atoms with van der Waals surface area (Å²) in [7, 11) is 5.49. The van der Waals surface area contributed by atoms with Crippen molar-refractivity contribution in [2.45, 2.75) is 50.8 Å². The predicted molar refractivity (Wildman–Crippen MR) is 120 cm³/mol. The Morgan fingerprint density at radius 3 is 2.55 bits per heavy atom. The molecule has 2 aromatic rings. The van der Waals surface area contributed by atoms with Crippen LogP contribution in [0, 0.1) is 6.92 Å². The van der Waals surface area contributed by atoms with Crippen molar-refractivity contribution in [1.29, 1.82) is 0 Å². The number of rotatable bonds is 5. The minimum atomic E-state index is -0.323. The van der Waals surface area contributed by atoms with Gasteiger partial charge in [0, 0.05) is 12.6 Å². The maximum Gasteiger partial charge on any atom is 0.255 e. The Bertz CT molecular complexity index is 951. The molecule has 1 spiro atoms. The molecule has 31 heavy (non-hydrogen) atoms. The van der Waals surface area contributed by atoms with Gasteiger partial charge in [0.25, 0.3) is 5.91 Å². The Labute approximate surface area is 184 Å². The van der Waals surface area contributed by atoms with Gasteiger partial charge in [-0.1, -0.05) is 17.7 Å². The van der Waals surface area contributed by atoms with Crippen LogP contribution in [0.25, 0.3) is 0 Å². The van der Waals surface area contributed by atoms with Crippen LogP contribution in [0.5, 0.6) is 17.2 Å². The number of hydrogen-bond acceptors (Lipinski definition) is 5. The number of hydrogen-bond donors (Lipinski definition) is 1. The van der Waals surface area contributed by atoms with E-state index in [1.165, 1.54) is 5.56 Å². The highest BCUT2D eigenvalue weighted by Crippen LogP contribution is 2.38. The molecule has 1 fully saturated rings. The monoisotopic (exact) mass is 424 g/mol. The van der Waals surface area contributed by atoms with Crippen LogP contribution >= 0.6 is 0 Å². The number of nitrogens with zero attached hydrogens (tertiary/aromatic N) is 1. The van der Waals surface area contributed by atoms with Crippen molar-refractivity contribution in [1.82, 2.24) is 10.2 Å². The number of benzene rings is 2. The molecule has 1 amide bonds. The lowest BCUT2D eigenvalue weighted by Gasteiger charge is -2.42. The molecule has 2 aliphatic rings. The highest BCUT2D eigenvalue weighted by molar-refractivity contribution is 5.97. The van der Waals surface area contributed by atoms with Crippen LogP contribution in [0.4, 0.5) is 0 Å². The Kier molecular flexibility index (Phi) is 6.10. The first kappa shape index (κ1) is 21.5. The molecular weight excluding hydrogens is 392 g/mol. The molecule has 2 aromatic carbocycles. The lowest BCUT2D eigenvalue weighted by atomic mass is 9.81. The van der Waals surface area contributed by atoms with Gasteiger partial charge in [0.05, 0.1) is 26.3 Å². The quantitative estimate of drug-likeness (QED) is 0.788. The number of carbonyl (C=O) groups is 1. The van der Waals surface area contributed by atoms with Gasteiger partial charge in [0.1, 0.15) is 11.4 Å². The van der Waals surface area contributed by atoms with Crippen LogP contribution in [-0.4, -0.2) is 50.3 Å². The predicted octanol–water partition coefficient (Wildman–Crippen LogP) is 3.95. The van der Waals surface area contributed by atoms with Gasteiger partial charge in [0.15, 0.2) is 11.5 Å². The third kappa shape index (κ3) is 4.49. The zero-order valence-corrected chi connectivity index (χ0v) is 18.9. The number of aryl methyl sites for hydroxylation is 1. The zero-order chi connectivity index (χ0) is 22.0. The summed E-state index contributed by atoms with van der Waals surface area (Å²) in [5.74, 6) is 2.17. The smallest absolute Gasteiger partial charge is 0.255 e. The van der Waals surface area contributed by atoms with Gasteiger partial charge >= 0.3 is 0 Å². The number of amides is 1. The van der Waals surface area contributed by atoms with Crippen molar-refractivity contribution in [2.75, 3.05) is 27.8 Å². The molecule has 6 nitrogen and oxygen atoms in total. The molecule has 1 aliphatic carbocycles. The molecule has 4 rings (SSSR count). The summed E-state index contributed by atoms with van der Waals surface area (Å²) in [5.41, 5.74) is 2.58. The standard InChI is InChI=1S/C25H32N2O4/c1-17-5-7-21-20(13-17)24(28)26-16-25(31-21)11-9-19(10-12-25)27(2)15-18-6-8-22(29-3)23(14-18)30-4/h5-8,13-14,19H,9-12,15-16H2,1-4H3,(H,26,28). The second-order valence-corrected chi connectivity index (χ2v) is 8.80. The van der Waals surface area contributed by atoms with E-state index in [0.29, 0.717) is 23.9 Å². The number of carbonyl (C=O) groups excluding carboxylic acids is 1. The number of nitrogens with one attached hydrogen (secondary N) is 1. The number of methoxy groups -OCH3 is 2. The first-order valence-corrected chi connectivity index (χ1v) is 10.9. The summed E-state index contributed by atoms with van der Waals surface area (Å²) in [5, 5.41) is 3.09. The molecule has 0 saturated heterocycles. The largest absolute Gasteiger partial charge is 0.493 e. The average molecular weight is 425 g/mol. The zero-order valence-electron chi connectivity index (χ0n) is 18.9. The molecule has 0 bridgehead atoms. The second-order valence-electron chi connectivity index (χ2n) is 8.80. The van der Waals surface area contributed by atoms with Crippen molar-refractivity contribution >= 4 is 5.91 Å². The van der Waals surface area contributed by atoms with E-state index in [0.717, 1.165) is 49.3 Å². The highest BCUT2D eigenvalue weighted by Gasteiger charge is 2.41. The van der Waals surface area contributed by atoms with E-state index < -0.39 is 0 Å². The van der Waals surface area contributed by atoms with Crippen LogP contribution < -0.4 is 19.5 Å². The topological polar surface area (TPSA) is 60.0 Å². The summed E-state index contributed by atoms with van der Waals surface area (Å²) >= 11 is 0. The molecule has 1 aliphatic heterocycles. The van der Waals surface area contributed by atoms with Gasteiger partial charge in [0.2, 0.25) is 0 Å². The van der Waals surface area contributed by atoms with Gasteiger partial charge in [-0.05, 0) is 69.5 Å². The molecule has 0 radical (unpaired) electrons. The molecule has 0 unspecified atom stereocenters. The van der Waals surface area contributed by atoms with Gasteiger partial charge in [-0.25, -0.2) is 0 Å². The second kappa shape index (κ2) is 8.79. The van der Waals surface area contributed by atoms with Crippen molar-refractivity contribution in [3.63, 3.8) is 0 Å². The third-order valence-electron chi connectivity index (χ3n) is 6.65. The lowest BCUT2D eigenvalue weighted by Crippen LogP contribution is -2.50. The molecule has 6 heteroatoms. The number of ether oxygens (including phenoxy) is 3. The van der Waals surface area contributed by atoms with Crippen LogP contribution in [0.2, 0.25) is 0 Å². The van der Waals surface area contributed by atoms with E-state index in [1.54, 1.807) is 14.2 Å². The Morgan fingerprint density at radius 2 is 1.84 bits per heavy atom. The van der Waals surface area contributed by atoms with Crippen molar-refractivity contribution in [2.24, 2.45) is 0 Å². The molecule has 1 saturated carbocycles. The summed E-state index contributed by atoms with van der Waals surface area (Å²) in [6.07, 6.45) is 3.89. The summed E-state index contributed by atoms with van der Waals surface area (Å²) in [4.78, 5) is 14.9. The first-order chi connectivity index (χ1) is 14.9. The minimum Gasteiger partial charge on any atom is -0.493 e. The van der Waals surface area contributed by atoms with Crippen LogP contribution in [0.3, 0.4) is 0 Å². The van der Waals surface area contributed by atoms with Gasteiger partial charge in [-0.3, -0.25) is 9.69 Å². The van der Waals surface area contributed by atoms with Gasteiger partial charge in [-0.15, -0.1) is 0 Å². The lowest BCUT2D eigenvalue weighted by molar-refractivity contribution is 0.00883. The van der Waals surface area contributed by atoms with Crippen LogP contribution in [0.1, 0.15) is 47.2 Å². The van der Waals surface area contributed by atoms with E-state index in [4.69, 9.17) is 14.2 Å². The third-order valence-corrected chi connectivity index (χ3v) is 6.65. The fourth-order valence-corrected chi connectivity index (χ4v) is 4.76. The fraction of sp³-hybridized carbons (Fsp3) is 0.480. The van der Waals surface area contributed by atoms with E-state index in [9.17, 15) is 4.79 Å². The van der Waals surface area contributed by atoms with E-state index in [1.807, 2.05) is 37.3 Å². The van der Waals surface area contributed by atoms with Crippen molar-refractivity contribution in [3.05, 3.63) is 53.1 Å². The maximum absolute atomic E-state index is 12.5. The highest BCUT2D eigenvalue weighted by atomic mass is 16.5. The Hall–Kier alpha value is -2.73. The number of fused-ring (bicyclic) bond motifs is 1. The Balaban J connectivity index is 1.41. The van der Waals surface area contributed by atoms with Gasteiger partial charge in [-0.2, -0.15) is 0 Å². The molecule has 0 atom stereocenters. The molecule has 1 N–H and O–H groups in total. The summed E-state index contributed by atoms with van der Waals surface area (Å²) in [6, 6.07) is 12.4. The molecular formula is C25H32N2O4. The van der Waals surface area contributed by atoms with E-state index in [-0.39, 0.29) is 11.5 Å². The summed E-state index contributed by atoms with van der Waals surface area (Å²) in [6.45, 7) is 3.40. The minimum absolute atomic E-state index is 0.0386. The van der Waals surface area contributed by atoms with Crippen molar-refractivity contribution in [3.8, 4) is 17.2 Å². The maximum atomic E-state index is 12.5. The Morgan fingerprint density at radius 1 is 1.10 bits per heavy atom. The van der Waals surface area contributed by atoms with Crippen molar-refractivity contribution < 1.29 is 19.0 Å². The average Bonchev–Trinajstić information content (AvgIpc) is 2.91. The van der Waals surface area contributed by atoms with E-state index >= 15 is 0 Å². The molecule has 0 aromatic heterocycles. The van der Waals surface area contributed by atoms with Crippen LogP contribution in [0.15, 0.2) is 36.4 Å². The molecule has 166 valence electrons. The van der Waals surface area contributed by atoms with E-state index in [2.05, 4.69) is 23.3 Å². The SMILES string of the molecule is COc1ccc(CN(C)C2CCC3(CC2)CNC(=O)c2cc(C)ccc2O3)cc1OC. The van der Waals surface area contributed by atoms with Crippen LogP contribution in [-0.2, 0) is 6.54 Å². The first-order valence-electron chi connectivity index (χ1n) is 10.9. The summed E-state index contributed by atoms with van der Waals surface area (Å²) < 4.78 is 17.3. The molecule has 1 heterocycles. The fourth-order valence-electron chi connectivity index (χ4n) is 4.76.